The monoisotopic (exact) mass is 416 g/mol. The summed E-state index contributed by atoms with van der Waals surface area (Å²) in [6.45, 7) is 1.78. The predicted octanol–water partition coefficient (Wildman–Crippen LogP) is 2.64. The molecule has 3 rings (SSSR count). The van der Waals surface area contributed by atoms with E-state index in [9.17, 15) is 9.59 Å². The highest BCUT2D eigenvalue weighted by atomic mass is 32.1. The molecule has 0 bridgehead atoms. The summed E-state index contributed by atoms with van der Waals surface area (Å²) in [7, 11) is 4.76. The van der Waals surface area contributed by atoms with Crippen LogP contribution in [-0.2, 0) is 19.1 Å². The van der Waals surface area contributed by atoms with Crippen molar-refractivity contribution in [3.63, 3.8) is 0 Å². The third kappa shape index (κ3) is 4.34. The molecule has 1 aromatic heterocycles. The van der Waals surface area contributed by atoms with Crippen LogP contribution in [0.4, 0.5) is 5.69 Å². The van der Waals surface area contributed by atoms with Gasteiger partial charge in [0.25, 0.3) is 11.8 Å². The summed E-state index contributed by atoms with van der Waals surface area (Å²) >= 11 is 1.43. The molecule has 154 valence electrons. The molecule has 1 aliphatic heterocycles. The number of amides is 2. The van der Waals surface area contributed by atoms with Crippen molar-refractivity contribution in [1.29, 1.82) is 0 Å². The molecule has 2 heterocycles. The van der Waals surface area contributed by atoms with Crippen LogP contribution < -0.4 is 9.64 Å². The molecule has 0 N–H and O–H groups in total. The molecule has 0 atom stereocenters. The number of rotatable bonds is 10. The second-order valence-electron chi connectivity index (χ2n) is 6.32. The van der Waals surface area contributed by atoms with Crippen LogP contribution in [0.15, 0.2) is 47.5 Å². The molecule has 0 spiro atoms. The quantitative estimate of drug-likeness (QED) is 0.555. The van der Waals surface area contributed by atoms with E-state index in [1.807, 2.05) is 22.4 Å². The normalized spacial score (nSPS) is 14.1. The average molecular weight is 416 g/mol. The summed E-state index contributed by atoms with van der Waals surface area (Å²) < 4.78 is 15.7. The third-order valence-electron chi connectivity index (χ3n) is 4.59. The van der Waals surface area contributed by atoms with E-state index in [2.05, 4.69) is 0 Å². The Balaban J connectivity index is 2.07. The van der Waals surface area contributed by atoms with Gasteiger partial charge < -0.3 is 19.1 Å². The topological polar surface area (TPSA) is 68.3 Å². The standard InChI is InChI=1S/C21H24N2O5S/c1-26-11-9-22(10-12-27-2)19-18(17-8-5-13-29-17)20(24)23(21(19)25)15-6-4-7-16(14-15)28-3/h4-8,13-14H,9-12H2,1-3H3. The van der Waals surface area contributed by atoms with E-state index in [4.69, 9.17) is 14.2 Å². The Morgan fingerprint density at radius 1 is 0.966 bits per heavy atom. The van der Waals surface area contributed by atoms with E-state index in [-0.39, 0.29) is 11.8 Å². The highest BCUT2D eigenvalue weighted by molar-refractivity contribution is 7.11. The van der Waals surface area contributed by atoms with E-state index >= 15 is 0 Å². The van der Waals surface area contributed by atoms with Gasteiger partial charge in [0.2, 0.25) is 0 Å². The first-order chi connectivity index (χ1) is 14.1. The Labute approximate surface area is 174 Å². The van der Waals surface area contributed by atoms with Crippen LogP contribution in [0.2, 0.25) is 0 Å². The number of imide groups is 1. The summed E-state index contributed by atoms with van der Waals surface area (Å²) in [5.41, 5.74) is 1.25. The number of thiophene rings is 1. The van der Waals surface area contributed by atoms with Crippen LogP contribution in [0.3, 0.4) is 0 Å². The minimum absolute atomic E-state index is 0.347. The largest absolute Gasteiger partial charge is 0.497 e. The fourth-order valence-electron chi connectivity index (χ4n) is 3.18. The molecule has 2 amide bonds. The second-order valence-corrected chi connectivity index (χ2v) is 7.27. The minimum atomic E-state index is -0.362. The molecule has 8 heteroatoms. The number of hydrogen-bond donors (Lipinski definition) is 0. The number of anilines is 1. The smallest absolute Gasteiger partial charge is 0.282 e. The highest BCUT2D eigenvalue weighted by Gasteiger charge is 2.42. The van der Waals surface area contributed by atoms with Gasteiger partial charge in [0.05, 0.1) is 31.6 Å². The molecule has 1 aliphatic rings. The van der Waals surface area contributed by atoms with Gasteiger partial charge in [-0.25, -0.2) is 4.90 Å². The molecule has 0 fully saturated rings. The zero-order valence-corrected chi connectivity index (χ0v) is 17.5. The second kappa shape index (κ2) is 9.69. The number of carbonyl (C=O) groups is 2. The summed E-state index contributed by atoms with van der Waals surface area (Å²) in [6.07, 6.45) is 0. The lowest BCUT2D eigenvalue weighted by molar-refractivity contribution is -0.120. The SMILES string of the molecule is COCCN(CCOC)C1=C(c2cccs2)C(=O)N(c2cccc(OC)c2)C1=O. The number of nitrogens with zero attached hydrogens (tertiary/aromatic N) is 2. The lowest BCUT2D eigenvalue weighted by Crippen LogP contribution is -2.37. The summed E-state index contributed by atoms with van der Waals surface area (Å²) in [4.78, 5) is 30.7. The van der Waals surface area contributed by atoms with Crippen LogP contribution in [0.1, 0.15) is 4.88 Å². The first kappa shape index (κ1) is 21.0. The van der Waals surface area contributed by atoms with Gasteiger partial charge in [-0.1, -0.05) is 12.1 Å². The van der Waals surface area contributed by atoms with Crippen LogP contribution >= 0.6 is 11.3 Å². The van der Waals surface area contributed by atoms with Gasteiger partial charge in [0.15, 0.2) is 0 Å². The van der Waals surface area contributed by atoms with Gasteiger partial charge in [-0.15, -0.1) is 11.3 Å². The first-order valence-electron chi connectivity index (χ1n) is 9.16. The van der Waals surface area contributed by atoms with E-state index in [0.29, 0.717) is 49.0 Å². The van der Waals surface area contributed by atoms with Gasteiger partial charge in [-0.3, -0.25) is 9.59 Å². The number of hydrogen-bond acceptors (Lipinski definition) is 7. The molecule has 0 saturated heterocycles. The van der Waals surface area contributed by atoms with E-state index in [0.717, 1.165) is 4.88 Å². The lowest BCUT2D eigenvalue weighted by Gasteiger charge is -2.25. The Kier molecular flexibility index (Phi) is 7.03. The van der Waals surface area contributed by atoms with Crippen molar-refractivity contribution in [1.82, 2.24) is 4.90 Å². The average Bonchev–Trinajstić information content (AvgIpc) is 3.34. The van der Waals surface area contributed by atoms with Crippen molar-refractivity contribution in [3.8, 4) is 5.75 Å². The van der Waals surface area contributed by atoms with Gasteiger partial charge >= 0.3 is 0 Å². The minimum Gasteiger partial charge on any atom is -0.497 e. The maximum absolute atomic E-state index is 13.5. The summed E-state index contributed by atoms with van der Waals surface area (Å²) in [5, 5.41) is 1.89. The van der Waals surface area contributed by atoms with Crippen molar-refractivity contribution in [2.75, 3.05) is 52.5 Å². The molecule has 0 radical (unpaired) electrons. The number of methoxy groups -OCH3 is 3. The van der Waals surface area contributed by atoms with Gasteiger partial charge in [-0.2, -0.15) is 0 Å². The molecule has 0 aliphatic carbocycles. The number of benzene rings is 1. The molecule has 2 aromatic rings. The van der Waals surface area contributed by atoms with E-state index < -0.39 is 0 Å². The van der Waals surface area contributed by atoms with Crippen LogP contribution in [0, 0.1) is 0 Å². The van der Waals surface area contributed by atoms with Crippen molar-refractivity contribution in [2.24, 2.45) is 0 Å². The predicted molar refractivity (Wildman–Crippen MR) is 112 cm³/mol. The Morgan fingerprint density at radius 2 is 1.69 bits per heavy atom. The summed E-state index contributed by atoms with van der Waals surface area (Å²) in [5.74, 6) is -0.135. The molecule has 0 unspecified atom stereocenters. The fraction of sp³-hybridized carbons (Fsp3) is 0.333. The molecule has 0 saturated carbocycles. The third-order valence-corrected chi connectivity index (χ3v) is 5.47. The van der Waals surface area contributed by atoms with Crippen LogP contribution in [0.5, 0.6) is 5.75 Å². The van der Waals surface area contributed by atoms with E-state index in [1.54, 1.807) is 45.6 Å². The van der Waals surface area contributed by atoms with Crippen molar-refractivity contribution >= 4 is 34.4 Å². The molecule has 7 nitrogen and oxygen atoms in total. The fourth-order valence-corrected chi connectivity index (χ4v) is 3.94. The Morgan fingerprint density at radius 3 is 2.28 bits per heavy atom. The van der Waals surface area contributed by atoms with E-state index in [1.165, 1.54) is 16.2 Å². The van der Waals surface area contributed by atoms with Crippen LogP contribution in [-0.4, -0.2) is 64.3 Å². The summed E-state index contributed by atoms with van der Waals surface area (Å²) in [6, 6.07) is 10.6. The lowest BCUT2D eigenvalue weighted by atomic mass is 10.1. The van der Waals surface area contributed by atoms with Gasteiger partial charge in [-0.05, 0) is 23.6 Å². The first-order valence-corrected chi connectivity index (χ1v) is 10.0. The Hall–Kier alpha value is -2.68. The van der Waals surface area contributed by atoms with Crippen molar-refractivity contribution in [3.05, 3.63) is 52.4 Å². The maximum atomic E-state index is 13.5. The van der Waals surface area contributed by atoms with Gasteiger partial charge in [0, 0.05) is 38.3 Å². The van der Waals surface area contributed by atoms with Crippen molar-refractivity contribution in [2.45, 2.75) is 0 Å². The van der Waals surface area contributed by atoms with Crippen molar-refractivity contribution < 1.29 is 23.8 Å². The zero-order valence-electron chi connectivity index (χ0n) is 16.7. The number of carbonyl (C=O) groups excluding carboxylic acids is 2. The molecular weight excluding hydrogens is 392 g/mol. The van der Waals surface area contributed by atoms with Crippen LogP contribution in [0.25, 0.3) is 5.57 Å². The van der Waals surface area contributed by atoms with Gasteiger partial charge in [0.1, 0.15) is 11.4 Å². The maximum Gasteiger partial charge on any atom is 0.282 e. The molecular formula is C21H24N2O5S. The molecule has 29 heavy (non-hydrogen) atoms. The zero-order chi connectivity index (χ0) is 20.8. The highest BCUT2D eigenvalue weighted by Crippen LogP contribution is 2.37. The molecule has 1 aromatic carbocycles. The number of ether oxygens (including phenoxy) is 3. The Bertz CT molecular complexity index is 886.